The normalized spacial score (nSPS) is 11.6. The molecule has 4 aromatic rings. The molecular formula is C13H11N5S. The fourth-order valence-corrected chi connectivity index (χ4v) is 3.04. The number of rotatable bonds is 1. The summed E-state index contributed by atoms with van der Waals surface area (Å²) in [7, 11) is 2.04. The van der Waals surface area contributed by atoms with Crippen molar-refractivity contribution in [1.82, 2.24) is 19.2 Å². The number of nitrogens with two attached hydrogens (primary N) is 1. The number of hydrogen-bond donors (Lipinski definition) is 1. The van der Waals surface area contributed by atoms with Crippen LogP contribution in [-0.4, -0.2) is 19.2 Å². The molecule has 0 saturated carbocycles. The Morgan fingerprint density at radius 3 is 2.89 bits per heavy atom. The van der Waals surface area contributed by atoms with Crippen LogP contribution in [-0.2, 0) is 7.05 Å². The molecule has 4 rings (SSSR count). The standard InChI is InChI=1S/C13H11N5S/c1-17-6-9(8-4-2-3-5-11(8)17)10-7-18-13(15-10)19-12(14)16-18/h2-7H,1H3,(H2,14,16). The van der Waals surface area contributed by atoms with Crippen LogP contribution in [0.4, 0.5) is 5.13 Å². The molecule has 0 aliphatic heterocycles. The second-order valence-corrected chi connectivity index (χ2v) is 5.45. The van der Waals surface area contributed by atoms with Crippen LogP contribution in [0.15, 0.2) is 36.7 Å². The topological polar surface area (TPSA) is 61.1 Å². The average molecular weight is 269 g/mol. The number of aryl methyl sites for hydroxylation is 1. The summed E-state index contributed by atoms with van der Waals surface area (Å²) >= 11 is 1.39. The number of fused-ring (bicyclic) bond motifs is 2. The second kappa shape index (κ2) is 3.58. The molecule has 19 heavy (non-hydrogen) atoms. The lowest BCUT2D eigenvalue weighted by molar-refractivity contribution is 0.969. The van der Waals surface area contributed by atoms with Crippen molar-refractivity contribution in [2.24, 2.45) is 7.05 Å². The summed E-state index contributed by atoms with van der Waals surface area (Å²) in [5, 5.41) is 5.92. The van der Waals surface area contributed by atoms with E-state index >= 15 is 0 Å². The Balaban J connectivity index is 2.00. The van der Waals surface area contributed by atoms with E-state index in [-0.39, 0.29) is 0 Å². The Morgan fingerprint density at radius 1 is 1.21 bits per heavy atom. The second-order valence-electron chi connectivity index (χ2n) is 4.46. The van der Waals surface area contributed by atoms with Crippen LogP contribution in [0.3, 0.4) is 0 Å². The number of aromatic nitrogens is 4. The van der Waals surface area contributed by atoms with E-state index in [2.05, 4.69) is 33.0 Å². The summed E-state index contributed by atoms with van der Waals surface area (Å²) in [6, 6.07) is 8.30. The summed E-state index contributed by atoms with van der Waals surface area (Å²) in [4.78, 5) is 5.41. The van der Waals surface area contributed by atoms with Crippen molar-refractivity contribution in [1.29, 1.82) is 0 Å². The molecule has 1 aromatic carbocycles. The largest absolute Gasteiger partial charge is 0.374 e. The van der Waals surface area contributed by atoms with E-state index < -0.39 is 0 Å². The molecule has 0 aliphatic carbocycles. The molecule has 0 atom stereocenters. The third-order valence-corrected chi connectivity index (χ3v) is 3.98. The number of nitrogen functional groups attached to an aromatic ring is 1. The minimum Gasteiger partial charge on any atom is -0.374 e. The van der Waals surface area contributed by atoms with Crippen LogP contribution >= 0.6 is 11.3 Å². The molecule has 0 fully saturated rings. The van der Waals surface area contributed by atoms with Gasteiger partial charge in [-0.05, 0) is 6.07 Å². The van der Waals surface area contributed by atoms with Crippen LogP contribution in [0.25, 0.3) is 27.1 Å². The van der Waals surface area contributed by atoms with Gasteiger partial charge in [0, 0.05) is 29.7 Å². The minimum absolute atomic E-state index is 0.534. The van der Waals surface area contributed by atoms with Crippen molar-refractivity contribution in [3.05, 3.63) is 36.7 Å². The number of nitrogens with zero attached hydrogens (tertiary/aromatic N) is 4. The first-order valence-electron chi connectivity index (χ1n) is 5.88. The van der Waals surface area contributed by atoms with Gasteiger partial charge in [-0.2, -0.15) is 0 Å². The minimum atomic E-state index is 0.534. The van der Waals surface area contributed by atoms with Gasteiger partial charge in [0.15, 0.2) is 0 Å². The Morgan fingerprint density at radius 2 is 2.05 bits per heavy atom. The number of para-hydroxylation sites is 1. The van der Waals surface area contributed by atoms with Crippen molar-refractivity contribution >= 4 is 32.3 Å². The van der Waals surface area contributed by atoms with E-state index in [9.17, 15) is 0 Å². The van der Waals surface area contributed by atoms with Crippen LogP contribution in [0.2, 0.25) is 0 Å². The van der Waals surface area contributed by atoms with Gasteiger partial charge >= 0.3 is 0 Å². The Kier molecular flexibility index (Phi) is 1.99. The zero-order valence-electron chi connectivity index (χ0n) is 10.2. The third kappa shape index (κ3) is 1.47. The van der Waals surface area contributed by atoms with Crippen LogP contribution < -0.4 is 5.73 Å². The van der Waals surface area contributed by atoms with Crippen molar-refractivity contribution in [2.75, 3.05) is 5.73 Å². The summed E-state index contributed by atoms with van der Waals surface area (Å²) < 4.78 is 3.84. The first kappa shape index (κ1) is 10.6. The van der Waals surface area contributed by atoms with Gasteiger partial charge < -0.3 is 10.3 Å². The molecule has 3 heterocycles. The fraction of sp³-hybridized carbons (Fsp3) is 0.0769. The molecule has 3 aromatic heterocycles. The zero-order valence-corrected chi connectivity index (χ0v) is 11.1. The van der Waals surface area contributed by atoms with Gasteiger partial charge in [0.05, 0.1) is 11.9 Å². The molecule has 0 unspecified atom stereocenters. The molecule has 0 radical (unpaired) electrons. The van der Waals surface area contributed by atoms with Gasteiger partial charge in [0.2, 0.25) is 10.1 Å². The first-order valence-corrected chi connectivity index (χ1v) is 6.70. The number of imidazole rings is 1. The molecule has 0 saturated heterocycles. The van der Waals surface area contributed by atoms with E-state index in [1.54, 1.807) is 4.52 Å². The lowest BCUT2D eigenvalue weighted by Crippen LogP contribution is -1.85. The highest BCUT2D eigenvalue weighted by Gasteiger charge is 2.13. The quantitative estimate of drug-likeness (QED) is 0.577. The van der Waals surface area contributed by atoms with Gasteiger partial charge in [-0.25, -0.2) is 9.50 Å². The number of benzene rings is 1. The molecule has 2 N–H and O–H groups in total. The molecule has 0 amide bonds. The SMILES string of the molecule is Cn1cc(-c2cn3nc(N)sc3n2)c2ccccc21. The highest BCUT2D eigenvalue weighted by molar-refractivity contribution is 7.20. The summed E-state index contributed by atoms with van der Waals surface area (Å²) in [6.07, 6.45) is 4.02. The van der Waals surface area contributed by atoms with Crippen molar-refractivity contribution in [3.63, 3.8) is 0 Å². The zero-order chi connectivity index (χ0) is 13.0. The van der Waals surface area contributed by atoms with Crippen molar-refractivity contribution in [2.45, 2.75) is 0 Å². The lowest BCUT2D eigenvalue weighted by atomic mass is 10.1. The Bertz CT molecular complexity index is 867. The van der Waals surface area contributed by atoms with Crippen LogP contribution in [0, 0.1) is 0 Å². The average Bonchev–Trinajstić information content (AvgIpc) is 3.01. The number of anilines is 1. The lowest BCUT2D eigenvalue weighted by Gasteiger charge is -1.93. The maximum atomic E-state index is 5.66. The van der Waals surface area contributed by atoms with Gasteiger partial charge in [-0.1, -0.05) is 29.5 Å². The van der Waals surface area contributed by atoms with E-state index in [1.165, 1.54) is 22.2 Å². The maximum absolute atomic E-state index is 5.66. The molecular weight excluding hydrogens is 258 g/mol. The molecule has 0 spiro atoms. The predicted molar refractivity (Wildman–Crippen MR) is 77.2 cm³/mol. The third-order valence-electron chi connectivity index (χ3n) is 3.23. The molecule has 0 bridgehead atoms. The smallest absolute Gasteiger partial charge is 0.214 e. The molecule has 94 valence electrons. The fourth-order valence-electron chi connectivity index (χ4n) is 2.39. The van der Waals surface area contributed by atoms with Gasteiger partial charge in [0.1, 0.15) is 0 Å². The van der Waals surface area contributed by atoms with Crippen molar-refractivity contribution in [3.8, 4) is 11.3 Å². The van der Waals surface area contributed by atoms with Gasteiger partial charge in [-0.3, -0.25) is 0 Å². The molecule has 5 nitrogen and oxygen atoms in total. The van der Waals surface area contributed by atoms with E-state index in [0.717, 1.165) is 16.2 Å². The molecule has 6 heteroatoms. The predicted octanol–water partition coefficient (Wildman–Crippen LogP) is 2.53. The van der Waals surface area contributed by atoms with E-state index in [1.807, 2.05) is 25.4 Å². The van der Waals surface area contributed by atoms with Crippen molar-refractivity contribution < 1.29 is 0 Å². The summed E-state index contributed by atoms with van der Waals surface area (Å²) in [5.41, 5.74) is 8.90. The Labute approximate surface area is 112 Å². The summed E-state index contributed by atoms with van der Waals surface area (Å²) in [6.45, 7) is 0. The highest BCUT2D eigenvalue weighted by Crippen LogP contribution is 2.30. The highest BCUT2D eigenvalue weighted by atomic mass is 32.1. The molecule has 0 aliphatic rings. The monoisotopic (exact) mass is 269 g/mol. The van der Waals surface area contributed by atoms with Gasteiger partial charge in [-0.15, -0.1) is 5.10 Å². The van der Waals surface area contributed by atoms with E-state index in [4.69, 9.17) is 5.73 Å². The van der Waals surface area contributed by atoms with Gasteiger partial charge in [0.25, 0.3) is 0 Å². The Hall–Kier alpha value is -2.34. The first-order chi connectivity index (χ1) is 9.22. The number of hydrogen-bond acceptors (Lipinski definition) is 4. The van der Waals surface area contributed by atoms with E-state index in [0.29, 0.717) is 5.13 Å². The maximum Gasteiger partial charge on any atom is 0.214 e. The van der Waals surface area contributed by atoms with Crippen LogP contribution in [0.1, 0.15) is 0 Å². The summed E-state index contributed by atoms with van der Waals surface area (Å²) in [5.74, 6) is 0. The van der Waals surface area contributed by atoms with Crippen LogP contribution in [0.5, 0.6) is 0 Å².